The van der Waals surface area contributed by atoms with E-state index in [-0.39, 0.29) is 17.8 Å². The Balaban J connectivity index is 1.78. The predicted octanol–water partition coefficient (Wildman–Crippen LogP) is 1.77. The number of benzene rings is 1. The highest BCUT2D eigenvalue weighted by Crippen LogP contribution is 2.29. The smallest absolute Gasteiger partial charge is 0.323 e. The van der Waals surface area contributed by atoms with E-state index >= 15 is 0 Å². The highest BCUT2D eigenvalue weighted by molar-refractivity contribution is 7.22. The van der Waals surface area contributed by atoms with Gasteiger partial charge in [0.25, 0.3) is 5.69 Å². The van der Waals surface area contributed by atoms with Gasteiger partial charge in [0.05, 0.1) is 15.1 Å². The minimum Gasteiger partial charge on any atom is -0.326 e. The zero-order chi connectivity index (χ0) is 15.0. The van der Waals surface area contributed by atoms with Crippen molar-refractivity contribution in [3.05, 3.63) is 28.3 Å². The molecule has 8 nitrogen and oxygen atoms in total. The van der Waals surface area contributed by atoms with Crippen molar-refractivity contribution in [2.24, 2.45) is 5.73 Å². The normalized spacial score (nSPS) is 18.1. The number of non-ortho nitro benzene ring substituents is 1. The van der Waals surface area contributed by atoms with Gasteiger partial charge in [-0.3, -0.25) is 15.4 Å². The summed E-state index contributed by atoms with van der Waals surface area (Å²) < 4.78 is 0.664. The molecule has 110 valence electrons. The Bertz CT molecular complexity index is 716. The summed E-state index contributed by atoms with van der Waals surface area (Å²) >= 11 is 1.21. The Hall–Kier alpha value is -2.26. The fraction of sp³-hybridized carbons (Fsp3) is 0.333. The first-order valence-corrected chi connectivity index (χ1v) is 7.21. The number of carbonyl (C=O) groups is 1. The number of hydrogen-bond donors (Lipinski definition) is 2. The van der Waals surface area contributed by atoms with Crippen LogP contribution >= 0.6 is 11.3 Å². The molecule has 2 amide bonds. The summed E-state index contributed by atoms with van der Waals surface area (Å²) in [6.45, 7) is 1.16. The number of anilines is 1. The van der Waals surface area contributed by atoms with Crippen LogP contribution in [0.5, 0.6) is 0 Å². The van der Waals surface area contributed by atoms with Gasteiger partial charge in [-0.05, 0) is 12.5 Å². The topological polar surface area (TPSA) is 114 Å². The van der Waals surface area contributed by atoms with Crippen molar-refractivity contribution in [1.29, 1.82) is 0 Å². The minimum absolute atomic E-state index is 0.00884. The molecule has 0 spiro atoms. The van der Waals surface area contributed by atoms with Crippen LogP contribution in [0.2, 0.25) is 0 Å². The van der Waals surface area contributed by atoms with Crippen molar-refractivity contribution in [2.75, 3.05) is 18.4 Å². The maximum absolute atomic E-state index is 12.0. The summed E-state index contributed by atoms with van der Waals surface area (Å²) in [5, 5.41) is 13.9. The molecule has 0 bridgehead atoms. The van der Waals surface area contributed by atoms with Crippen molar-refractivity contribution in [3.63, 3.8) is 0 Å². The summed E-state index contributed by atoms with van der Waals surface area (Å²) in [4.78, 5) is 28.2. The van der Waals surface area contributed by atoms with E-state index in [2.05, 4.69) is 10.3 Å². The fourth-order valence-electron chi connectivity index (χ4n) is 2.22. The molecule has 0 aliphatic carbocycles. The summed E-state index contributed by atoms with van der Waals surface area (Å²) in [6.07, 6.45) is 0.791. The number of carbonyl (C=O) groups excluding carboxylic acids is 1. The number of nitrogens with one attached hydrogen (secondary N) is 1. The second kappa shape index (κ2) is 5.26. The third kappa shape index (κ3) is 2.78. The quantitative estimate of drug-likeness (QED) is 0.648. The van der Waals surface area contributed by atoms with Crippen LogP contribution < -0.4 is 11.1 Å². The molecule has 2 heterocycles. The highest BCUT2D eigenvalue weighted by Gasteiger charge is 2.24. The number of nitrogens with two attached hydrogens (primary N) is 1. The van der Waals surface area contributed by atoms with E-state index in [4.69, 9.17) is 5.73 Å². The molecule has 21 heavy (non-hydrogen) atoms. The molecule has 1 fully saturated rings. The Morgan fingerprint density at radius 3 is 3.05 bits per heavy atom. The van der Waals surface area contributed by atoms with Gasteiger partial charge >= 0.3 is 6.03 Å². The number of rotatable bonds is 2. The predicted molar refractivity (Wildman–Crippen MR) is 79.5 cm³/mol. The van der Waals surface area contributed by atoms with E-state index in [9.17, 15) is 14.9 Å². The van der Waals surface area contributed by atoms with Crippen molar-refractivity contribution in [1.82, 2.24) is 9.88 Å². The second-order valence-corrected chi connectivity index (χ2v) is 5.88. The molecule has 3 N–H and O–H groups in total. The van der Waals surface area contributed by atoms with E-state index in [1.165, 1.54) is 23.5 Å². The lowest BCUT2D eigenvalue weighted by atomic mass is 10.3. The Morgan fingerprint density at radius 2 is 2.38 bits per heavy atom. The maximum atomic E-state index is 12.0. The molecule has 0 radical (unpaired) electrons. The third-order valence-electron chi connectivity index (χ3n) is 3.31. The number of fused-ring (bicyclic) bond motifs is 1. The van der Waals surface area contributed by atoms with Crippen LogP contribution in [0.4, 0.5) is 15.6 Å². The zero-order valence-corrected chi connectivity index (χ0v) is 11.8. The van der Waals surface area contributed by atoms with Crippen LogP contribution in [0.25, 0.3) is 10.2 Å². The van der Waals surface area contributed by atoms with E-state index in [1.807, 2.05) is 0 Å². The summed E-state index contributed by atoms with van der Waals surface area (Å²) in [5.74, 6) is 0. The van der Waals surface area contributed by atoms with Crippen LogP contribution in [-0.4, -0.2) is 40.0 Å². The molecular formula is C12H13N5O3S. The maximum Gasteiger partial charge on any atom is 0.323 e. The van der Waals surface area contributed by atoms with Crippen LogP contribution in [-0.2, 0) is 0 Å². The average molecular weight is 307 g/mol. The first-order valence-electron chi connectivity index (χ1n) is 6.39. The van der Waals surface area contributed by atoms with Gasteiger partial charge in [-0.25, -0.2) is 9.78 Å². The molecule has 1 saturated heterocycles. The van der Waals surface area contributed by atoms with E-state index in [0.717, 1.165) is 6.42 Å². The van der Waals surface area contributed by atoms with Gasteiger partial charge < -0.3 is 10.6 Å². The van der Waals surface area contributed by atoms with Crippen molar-refractivity contribution in [3.8, 4) is 0 Å². The standard InChI is InChI=1S/C12H13N5O3S/c13-7-3-4-16(6-7)12(18)15-11-14-9-2-1-8(17(19)20)5-10(9)21-11/h1-2,5,7H,3-4,6,13H2,(H,14,15,18). The van der Waals surface area contributed by atoms with Crippen molar-refractivity contribution < 1.29 is 9.72 Å². The second-order valence-electron chi connectivity index (χ2n) is 4.85. The van der Waals surface area contributed by atoms with E-state index in [0.29, 0.717) is 28.4 Å². The number of amides is 2. The number of nitro benzene ring substituents is 1. The molecule has 3 rings (SSSR count). The number of nitro groups is 1. The van der Waals surface area contributed by atoms with E-state index < -0.39 is 4.92 Å². The van der Waals surface area contributed by atoms with Crippen LogP contribution in [0, 0.1) is 10.1 Å². The highest BCUT2D eigenvalue weighted by atomic mass is 32.1. The van der Waals surface area contributed by atoms with Crippen LogP contribution in [0.3, 0.4) is 0 Å². The number of urea groups is 1. The van der Waals surface area contributed by atoms with Gasteiger partial charge in [-0.1, -0.05) is 11.3 Å². The molecule has 9 heteroatoms. The van der Waals surface area contributed by atoms with Crippen LogP contribution in [0.15, 0.2) is 18.2 Å². The molecule has 2 aromatic rings. The molecule has 0 saturated carbocycles. The Kier molecular flexibility index (Phi) is 3.43. The molecular weight excluding hydrogens is 294 g/mol. The minimum atomic E-state index is -0.455. The lowest BCUT2D eigenvalue weighted by Gasteiger charge is -2.15. The van der Waals surface area contributed by atoms with Gasteiger partial charge in [0.1, 0.15) is 0 Å². The molecule has 1 aliphatic rings. The van der Waals surface area contributed by atoms with Gasteiger partial charge in [0.15, 0.2) is 5.13 Å². The van der Waals surface area contributed by atoms with Gasteiger partial charge in [-0.15, -0.1) is 0 Å². The summed E-state index contributed by atoms with van der Waals surface area (Å²) in [6, 6.07) is 4.21. The lowest BCUT2D eigenvalue weighted by molar-refractivity contribution is -0.384. The third-order valence-corrected chi connectivity index (χ3v) is 4.24. The Morgan fingerprint density at radius 1 is 1.57 bits per heavy atom. The first-order chi connectivity index (χ1) is 10.0. The van der Waals surface area contributed by atoms with Crippen LogP contribution in [0.1, 0.15) is 6.42 Å². The lowest BCUT2D eigenvalue weighted by Crippen LogP contribution is -2.35. The first kappa shape index (κ1) is 13.7. The molecule has 1 aliphatic heterocycles. The molecule has 1 unspecified atom stereocenters. The number of thiazole rings is 1. The number of aromatic nitrogens is 1. The number of nitrogens with zero attached hydrogens (tertiary/aromatic N) is 3. The SMILES string of the molecule is NC1CCN(C(=O)Nc2nc3ccc([N+](=O)[O-])cc3s2)C1. The van der Waals surface area contributed by atoms with Gasteiger partial charge in [0.2, 0.25) is 0 Å². The number of hydrogen-bond acceptors (Lipinski definition) is 6. The molecule has 1 atom stereocenters. The Labute approximate surface area is 123 Å². The average Bonchev–Trinajstić information content (AvgIpc) is 3.03. The number of likely N-dealkylation sites (tertiary alicyclic amines) is 1. The zero-order valence-electron chi connectivity index (χ0n) is 11.0. The molecule has 1 aromatic carbocycles. The van der Waals surface area contributed by atoms with Crippen molar-refractivity contribution >= 4 is 38.4 Å². The molecule has 1 aromatic heterocycles. The van der Waals surface area contributed by atoms with E-state index in [1.54, 1.807) is 11.0 Å². The summed E-state index contributed by atoms with van der Waals surface area (Å²) in [7, 11) is 0. The van der Waals surface area contributed by atoms with Gasteiger partial charge in [-0.2, -0.15) is 0 Å². The fourth-order valence-corrected chi connectivity index (χ4v) is 3.11. The largest absolute Gasteiger partial charge is 0.326 e. The monoisotopic (exact) mass is 307 g/mol. The van der Waals surface area contributed by atoms with Crippen molar-refractivity contribution in [2.45, 2.75) is 12.5 Å². The summed E-state index contributed by atoms with van der Waals surface area (Å²) in [5.41, 5.74) is 6.40. The van der Waals surface area contributed by atoms with Gasteiger partial charge in [0, 0.05) is 31.3 Å².